The Kier molecular flexibility index (Phi) is 2.36. The van der Waals surface area contributed by atoms with Gasteiger partial charge in [-0.1, -0.05) is 23.7 Å². The predicted molar refractivity (Wildman–Crippen MR) is 55.8 cm³/mol. The molecule has 1 aromatic rings. The molecule has 2 rings (SSSR count). The standard InChI is InChI=1S/C9H5ClFNO2S/c10-8-5-12-9(15(8,13)14)6-3-1-2-4-7(6)11/h1-5H. The lowest BCUT2D eigenvalue weighted by molar-refractivity contribution is 0.612. The average molecular weight is 246 g/mol. The van der Waals surface area contributed by atoms with Crippen LogP contribution in [0.4, 0.5) is 4.39 Å². The van der Waals surface area contributed by atoms with Gasteiger partial charge in [-0.2, -0.15) is 0 Å². The van der Waals surface area contributed by atoms with E-state index in [0.717, 1.165) is 6.20 Å². The fraction of sp³-hybridized carbons (Fsp3) is 0. The summed E-state index contributed by atoms with van der Waals surface area (Å²) in [6.07, 6.45) is 0.999. The van der Waals surface area contributed by atoms with Gasteiger partial charge in [0.15, 0.2) is 9.41 Å². The van der Waals surface area contributed by atoms with Crippen molar-refractivity contribution in [1.82, 2.24) is 0 Å². The Morgan fingerprint density at radius 3 is 2.47 bits per heavy atom. The second kappa shape index (κ2) is 3.43. The Morgan fingerprint density at radius 1 is 1.27 bits per heavy atom. The molecule has 0 aromatic heterocycles. The van der Waals surface area contributed by atoms with Gasteiger partial charge in [0.1, 0.15) is 5.82 Å². The van der Waals surface area contributed by atoms with Crippen molar-refractivity contribution in [2.45, 2.75) is 0 Å². The van der Waals surface area contributed by atoms with Crippen LogP contribution < -0.4 is 0 Å². The summed E-state index contributed by atoms with van der Waals surface area (Å²) in [6.45, 7) is 0. The summed E-state index contributed by atoms with van der Waals surface area (Å²) in [5.74, 6) is -0.639. The number of nitrogens with zero attached hydrogens (tertiary/aromatic N) is 1. The van der Waals surface area contributed by atoms with Crippen LogP contribution in [0, 0.1) is 5.82 Å². The molecule has 78 valence electrons. The van der Waals surface area contributed by atoms with E-state index in [4.69, 9.17) is 11.6 Å². The molecule has 3 nitrogen and oxygen atoms in total. The largest absolute Gasteiger partial charge is 0.241 e. The van der Waals surface area contributed by atoms with Crippen molar-refractivity contribution < 1.29 is 12.8 Å². The topological polar surface area (TPSA) is 46.5 Å². The molecule has 15 heavy (non-hydrogen) atoms. The van der Waals surface area contributed by atoms with Crippen LogP contribution in [-0.4, -0.2) is 13.5 Å². The summed E-state index contributed by atoms with van der Waals surface area (Å²) in [4.78, 5) is 3.60. The normalized spacial score (nSPS) is 18.5. The van der Waals surface area contributed by atoms with Crippen molar-refractivity contribution in [2.24, 2.45) is 4.99 Å². The summed E-state index contributed by atoms with van der Waals surface area (Å²) >= 11 is 5.44. The van der Waals surface area contributed by atoms with E-state index < -0.39 is 15.7 Å². The third-order valence-corrected chi connectivity index (χ3v) is 4.06. The monoisotopic (exact) mass is 245 g/mol. The lowest BCUT2D eigenvalue weighted by atomic mass is 10.2. The fourth-order valence-electron chi connectivity index (χ4n) is 1.19. The van der Waals surface area contributed by atoms with Crippen LogP contribution in [-0.2, 0) is 9.84 Å². The second-order valence-corrected chi connectivity index (χ2v) is 5.32. The van der Waals surface area contributed by atoms with E-state index in [-0.39, 0.29) is 15.0 Å². The quantitative estimate of drug-likeness (QED) is 0.760. The average Bonchev–Trinajstić information content (AvgIpc) is 2.44. The summed E-state index contributed by atoms with van der Waals surface area (Å²) in [5, 5.41) is -0.342. The smallest absolute Gasteiger partial charge is 0.236 e. The van der Waals surface area contributed by atoms with Crippen LogP contribution in [0.5, 0.6) is 0 Å². The molecule has 0 bridgehead atoms. The summed E-state index contributed by atoms with van der Waals surface area (Å²) in [7, 11) is -3.80. The molecule has 6 heteroatoms. The second-order valence-electron chi connectivity index (χ2n) is 2.85. The molecule has 0 saturated carbocycles. The van der Waals surface area contributed by atoms with Gasteiger partial charge < -0.3 is 0 Å². The molecule has 0 fully saturated rings. The first-order valence-corrected chi connectivity index (χ1v) is 5.83. The first-order chi connectivity index (χ1) is 7.03. The van der Waals surface area contributed by atoms with Gasteiger partial charge in [0, 0.05) is 5.56 Å². The molecule has 0 unspecified atom stereocenters. The maximum absolute atomic E-state index is 13.3. The van der Waals surface area contributed by atoms with Gasteiger partial charge >= 0.3 is 0 Å². The van der Waals surface area contributed by atoms with Crippen LogP contribution in [0.25, 0.3) is 0 Å². The number of sulfone groups is 1. The van der Waals surface area contributed by atoms with Gasteiger partial charge in [0.05, 0.1) is 6.20 Å². The molecule has 0 spiro atoms. The SMILES string of the molecule is O=S1(=O)C(Cl)=CN=C1c1ccccc1F. The molecule has 0 radical (unpaired) electrons. The van der Waals surface area contributed by atoms with Gasteiger partial charge in [-0.15, -0.1) is 0 Å². The highest BCUT2D eigenvalue weighted by atomic mass is 35.5. The first-order valence-electron chi connectivity index (χ1n) is 3.97. The maximum atomic E-state index is 13.3. The number of hydrogen-bond acceptors (Lipinski definition) is 3. The Hall–Kier alpha value is -1.20. The van der Waals surface area contributed by atoms with E-state index in [1.165, 1.54) is 24.3 Å². The van der Waals surface area contributed by atoms with Crippen LogP contribution in [0.1, 0.15) is 5.56 Å². The molecule has 0 aliphatic carbocycles. The van der Waals surface area contributed by atoms with Gasteiger partial charge in [0.25, 0.3) is 0 Å². The number of rotatable bonds is 1. The summed E-state index contributed by atoms with van der Waals surface area (Å²) in [6, 6.07) is 5.51. The van der Waals surface area contributed by atoms with Crippen molar-refractivity contribution in [1.29, 1.82) is 0 Å². The molecule has 1 aromatic carbocycles. The van der Waals surface area contributed by atoms with Gasteiger partial charge in [-0.3, -0.25) is 0 Å². The highest BCUT2D eigenvalue weighted by molar-refractivity contribution is 8.11. The third kappa shape index (κ3) is 1.57. The van der Waals surface area contributed by atoms with E-state index in [9.17, 15) is 12.8 Å². The number of benzene rings is 1. The Labute approximate surface area is 90.8 Å². The fourth-order valence-corrected chi connectivity index (χ4v) is 2.48. The van der Waals surface area contributed by atoms with E-state index in [0.29, 0.717) is 0 Å². The lowest BCUT2D eigenvalue weighted by Gasteiger charge is -2.02. The predicted octanol–water partition coefficient (Wildman–Crippen LogP) is 2.04. The summed E-state index contributed by atoms with van der Waals surface area (Å²) < 4.78 is 36.0. The highest BCUT2D eigenvalue weighted by Crippen LogP contribution is 2.25. The minimum atomic E-state index is -3.80. The maximum Gasteiger partial charge on any atom is 0.236 e. The Bertz CT molecular complexity index is 578. The van der Waals surface area contributed by atoms with Gasteiger partial charge in [-0.05, 0) is 12.1 Å². The zero-order valence-electron chi connectivity index (χ0n) is 7.31. The van der Waals surface area contributed by atoms with Crippen LogP contribution in [0.3, 0.4) is 0 Å². The summed E-state index contributed by atoms with van der Waals surface area (Å²) in [5.41, 5.74) is -0.0654. The van der Waals surface area contributed by atoms with Crippen LogP contribution in [0.15, 0.2) is 39.8 Å². The Morgan fingerprint density at radius 2 is 1.93 bits per heavy atom. The van der Waals surface area contributed by atoms with Crippen molar-refractivity contribution in [3.05, 3.63) is 46.2 Å². The molecule has 0 N–H and O–H groups in total. The highest BCUT2D eigenvalue weighted by Gasteiger charge is 2.31. The van der Waals surface area contributed by atoms with Crippen molar-refractivity contribution >= 4 is 26.5 Å². The number of aliphatic imine (C=N–C) groups is 1. The number of halogens is 2. The number of hydrogen-bond donors (Lipinski definition) is 0. The molecule has 1 aliphatic heterocycles. The third-order valence-electron chi connectivity index (χ3n) is 1.90. The molecule has 0 saturated heterocycles. The minimum Gasteiger partial charge on any atom is -0.241 e. The van der Waals surface area contributed by atoms with E-state index >= 15 is 0 Å². The van der Waals surface area contributed by atoms with Crippen LogP contribution in [0.2, 0.25) is 0 Å². The van der Waals surface area contributed by atoms with Crippen molar-refractivity contribution in [3.8, 4) is 0 Å². The van der Waals surface area contributed by atoms with E-state index in [2.05, 4.69) is 4.99 Å². The first kappa shape index (κ1) is 10.3. The molecular weight excluding hydrogens is 241 g/mol. The molecular formula is C9H5ClFNO2S. The zero-order valence-corrected chi connectivity index (χ0v) is 8.89. The van der Waals surface area contributed by atoms with Gasteiger partial charge in [0.2, 0.25) is 9.84 Å². The van der Waals surface area contributed by atoms with Crippen LogP contribution >= 0.6 is 11.6 Å². The molecule has 0 amide bonds. The van der Waals surface area contributed by atoms with E-state index in [1.807, 2.05) is 0 Å². The molecule has 0 atom stereocenters. The van der Waals surface area contributed by atoms with E-state index in [1.54, 1.807) is 0 Å². The van der Waals surface area contributed by atoms with Crippen molar-refractivity contribution in [2.75, 3.05) is 0 Å². The minimum absolute atomic E-state index is 0.0654. The van der Waals surface area contributed by atoms with Gasteiger partial charge in [-0.25, -0.2) is 17.8 Å². The molecule has 1 aliphatic rings. The molecule has 1 heterocycles. The van der Waals surface area contributed by atoms with Crippen molar-refractivity contribution in [3.63, 3.8) is 0 Å². The lowest BCUT2D eigenvalue weighted by Crippen LogP contribution is -2.13. The Balaban J connectivity index is 2.59. The zero-order chi connectivity index (χ0) is 11.1.